The molecule has 3 rings (SSSR count). The number of amides is 2. The molecule has 2 amide bonds. The van der Waals surface area contributed by atoms with Crippen LogP contribution in [-0.4, -0.2) is 51.3 Å². The van der Waals surface area contributed by atoms with Crippen molar-refractivity contribution < 1.29 is 9.59 Å². The van der Waals surface area contributed by atoms with Gasteiger partial charge in [0.05, 0.1) is 11.4 Å². The van der Waals surface area contributed by atoms with Crippen LogP contribution in [0.4, 0.5) is 0 Å². The Morgan fingerprint density at radius 1 is 1.17 bits per heavy atom. The highest BCUT2D eigenvalue weighted by atomic mass is 16.2. The van der Waals surface area contributed by atoms with Gasteiger partial charge in [-0.05, 0) is 50.8 Å². The van der Waals surface area contributed by atoms with E-state index >= 15 is 0 Å². The minimum atomic E-state index is -0.108. The highest BCUT2D eigenvalue weighted by Crippen LogP contribution is 2.21. The van der Waals surface area contributed by atoms with Crippen LogP contribution in [-0.2, 0) is 4.79 Å². The van der Waals surface area contributed by atoms with E-state index < -0.39 is 0 Å². The Balaban J connectivity index is 1.58. The summed E-state index contributed by atoms with van der Waals surface area (Å²) in [6.45, 7) is 7.92. The van der Waals surface area contributed by atoms with Crippen molar-refractivity contribution in [2.45, 2.75) is 52.9 Å². The fraction of sp³-hybridized carbons (Fsp3) is 0.545. The first kappa shape index (κ1) is 21.0. The van der Waals surface area contributed by atoms with E-state index in [1.54, 1.807) is 9.58 Å². The van der Waals surface area contributed by atoms with Gasteiger partial charge in [0.15, 0.2) is 5.69 Å². The van der Waals surface area contributed by atoms with Gasteiger partial charge in [-0.25, -0.2) is 4.68 Å². The molecule has 1 aromatic carbocycles. The van der Waals surface area contributed by atoms with Crippen molar-refractivity contribution in [2.24, 2.45) is 5.92 Å². The second-order valence-corrected chi connectivity index (χ2v) is 7.84. The minimum Gasteiger partial charge on any atom is -0.356 e. The van der Waals surface area contributed by atoms with E-state index in [2.05, 4.69) is 22.6 Å². The Morgan fingerprint density at radius 2 is 1.93 bits per heavy atom. The first-order valence-corrected chi connectivity index (χ1v) is 10.6. The average molecular weight is 398 g/mol. The number of rotatable bonds is 7. The topological polar surface area (TPSA) is 80.1 Å². The van der Waals surface area contributed by atoms with Gasteiger partial charge in [0, 0.05) is 25.6 Å². The molecule has 1 aromatic heterocycles. The molecule has 1 N–H and O–H groups in total. The molecule has 0 aliphatic carbocycles. The predicted octanol–water partition coefficient (Wildman–Crippen LogP) is 3.04. The number of benzene rings is 1. The summed E-state index contributed by atoms with van der Waals surface area (Å²) in [5.74, 6) is 0.00253. The van der Waals surface area contributed by atoms with Crippen molar-refractivity contribution in [1.29, 1.82) is 0 Å². The van der Waals surface area contributed by atoms with E-state index in [-0.39, 0.29) is 17.7 Å². The molecule has 2 aromatic rings. The van der Waals surface area contributed by atoms with Crippen LogP contribution in [0.2, 0.25) is 0 Å². The van der Waals surface area contributed by atoms with Gasteiger partial charge in [-0.3, -0.25) is 9.59 Å². The predicted molar refractivity (Wildman–Crippen MR) is 112 cm³/mol. The molecule has 0 bridgehead atoms. The molecular formula is C22H31N5O2. The zero-order valence-corrected chi connectivity index (χ0v) is 17.6. The van der Waals surface area contributed by atoms with E-state index in [1.807, 2.05) is 38.1 Å². The lowest BCUT2D eigenvalue weighted by Crippen LogP contribution is -2.43. The number of hydrogen-bond acceptors (Lipinski definition) is 4. The normalized spacial score (nSPS) is 14.8. The molecular weight excluding hydrogens is 366 g/mol. The number of aromatic nitrogens is 3. The Hall–Kier alpha value is -2.70. The molecule has 0 atom stereocenters. The van der Waals surface area contributed by atoms with Crippen LogP contribution >= 0.6 is 0 Å². The maximum atomic E-state index is 13.0. The zero-order valence-electron chi connectivity index (χ0n) is 17.6. The number of hydrogen-bond donors (Lipinski definition) is 1. The van der Waals surface area contributed by atoms with Crippen LogP contribution < -0.4 is 5.32 Å². The molecule has 1 saturated heterocycles. The molecule has 1 aliphatic rings. The summed E-state index contributed by atoms with van der Waals surface area (Å²) in [6, 6.07) is 7.95. The van der Waals surface area contributed by atoms with Crippen molar-refractivity contribution in [1.82, 2.24) is 25.2 Å². The molecule has 0 saturated carbocycles. The molecule has 1 fully saturated rings. The number of unbranched alkanes of at least 4 members (excludes halogenated alkanes) is 2. The second kappa shape index (κ2) is 9.67. The van der Waals surface area contributed by atoms with Gasteiger partial charge in [0.1, 0.15) is 0 Å². The Morgan fingerprint density at radius 3 is 2.62 bits per heavy atom. The Kier molecular flexibility index (Phi) is 7.01. The lowest BCUT2D eigenvalue weighted by Gasteiger charge is -2.31. The molecule has 29 heavy (non-hydrogen) atoms. The van der Waals surface area contributed by atoms with E-state index in [0.717, 1.165) is 42.8 Å². The number of carbonyl (C=O) groups excluding carboxylic acids is 2. The fourth-order valence-corrected chi connectivity index (χ4v) is 3.76. The number of carbonyl (C=O) groups is 2. The summed E-state index contributed by atoms with van der Waals surface area (Å²) in [7, 11) is 0. The summed E-state index contributed by atoms with van der Waals surface area (Å²) < 4.78 is 1.71. The van der Waals surface area contributed by atoms with E-state index in [4.69, 9.17) is 0 Å². The maximum Gasteiger partial charge on any atom is 0.276 e. The molecule has 0 radical (unpaired) electrons. The lowest BCUT2D eigenvalue weighted by molar-refractivity contribution is -0.126. The average Bonchev–Trinajstić information content (AvgIpc) is 3.12. The molecule has 7 nitrogen and oxygen atoms in total. The highest BCUT2D eigenvalue weighted by molar-refractivity contribution is 5.93. The molecule has 0 spiro atoms. The summed E-state index contributed by atoms with van der Waals surface area (Å²) in [5, 5.41) is 11.4. The first-order valence-electron chi connectivity index (χ1n) is 10.6. The maximum absolute atomic E-state index is 13.0. The largest absolute Gasteiger partial charge is 0.356 e. The Bertz CT molecular complexity index is 853. The van der Waals surface area contributed by atoms with Crippen molar-refractivity contribution >= 4 is 11.8 Å². The second-order valence-electron chi connectivity index (χ2n) is 7.84. The summed E-state index contributed by atoms with van der Waals surface area (Å²) in [4.78, 5) is 27.1. The van der Waals surface area contributed by atoms with Gasteiger partial charge >= 0.3 is 0 Å². The minimum absolute atomic E-state index is 0.00949. The third kappa shape index (κ3) is 5.02. The lowest BCUT2D eigenvalue weighted by atomic mass is 9.95. The van der Waals surface area contributed by atoms with Crippen LogP contribution in [0.15, 0.2) is 24.3 Å². The standard InChI is InChI=1S/C22H31N5O2/c1-4-5-6-12-23-21(28)18-10-13-26(14-11-18)22(29)20-17(3)27(25-24-20)19-9-7-8-16(2)15-19/h7-9,15,18H,4-6,10-14H2,1-3H3,(H,23,28). The van der Waals surface area contributed by atoms with Crippen molar-refractivity contribution in [2.75, 3.05) is 19.6 Å². The highest BCUT2D eigenvalue weighted by Gasteiger charge is 2.30. The molecule has 1 aliphatic heterocycles. The summed E-state index contributed by atoms with van der Waals surface area (Å²) in [5.41, 5.74) is 3.14. The third-order valence-electron chi connectivity index (χ3n) is 5.58. The van der Waals surface area contributed by atoms with Gasteiger partial charge in [0.2, 0.25) is 5.91 Å². The van der Waals surface area contributed by atoms with Crippen LogP contribution in [0.25, 0.3) is 5.69 Å². The quantitative estimate of drug-likeness (QED) is 0.728. The van der Waals surface area contributed by atoms with E-state index in [9.17, 15) is 9.59 Å². The van der Waals surface area contributed by atoms with Gasteiger partial charge < -0.3 is 10.2 Å². The number of nitrogens with zero attached hydrogens (tertiary/aromatic N) is 4. The van der Waals surface area contributed by atoms with Crippen LogP contribution in [0.3, 0.4) is 0 Å². The van der Waals surface area contributed by atoms with E-state index in [0.29, 0.717) is 31.6 Å². The van der Waals surface area contributed by atoms with Crippen LogP contribution in [0.1, 0.15) is 60.8 Å². The van der Waals surface area contributed by atoms with Gasteiger partial charge in [-0.1, -0.05) is 37.1 Å². The molecule has 156 valence electrons. The molecule has 2 heterocycles. The van der Waals surface area contributed by atoms with Gasteiger partial charge in [-0.2, -0.15) is 0 Å². The van der Waals surface area contributed by atoms with Crippen LogP contribution in [0.5, 0.6) is 0 Å². The summed E-state index contributed by atoms with van der Waals surface area (Å²) >= 11 is 0. The van der Waals surface area contributed by atoms with E-state index in [1.165, 1.54) is 0 Å². The van der Waals surface area contributed by atoms with Gasteiger partial charge in [-0.15, -0.1) is 5.10 Å². The monoisotopic (exact) mass is 397 g/mol. The summed E-state index contributed by atoms with van der Waals surface area (Å²) in [6.07, 6.45) is 4.68. The first-order chi connectivity index (χ1) is 14.0. The smallest absolute Gasteiger partial charge is 0.276 e. The van der Waals surface area contributed by atoms with Crippen molar-refractivity contribution in [3.8, 4) is 5.69 Å². The molecule has 7 heteroatoms. The van der Waals surface area contributed by atoms with Crippen molar-refractivity contribution in [3.05, 3.63) is 41.2 Å². The fourth-order valence-electron chi connectivity index (χ4n) is 3.76. The SMILES string of the molecule is CCCCCNC(=O)C1CCN(C(=O)c2nnn(-c3cccc(C)c3)c2C)CC1. The van der Waals surface area contributed by atoms with Gasteiger partial charge in [0.25, 0.3) is 5.91 Å². The van der Waals surface area contributed by atoms with Crippen molar-refractivity contribution in [3.63, 3.8) is 0 Å². The number of piperidine rings is 1. The number of nitrogens with one attached hydrogen (secondary N) is 1. The molecule has 0 unspecified atom stereocenters. The number of likely N-dealkylation sites (tertiary alicyclic amines) is 1. The number of aryl methyl sites for hydroxylation is 1. The van der Waals surface area contributed by atoms with Crippen LogP contribution in [0, 0.1) is 19.8 Å². The Labute approximate surface area is 172 Å². The third-order valence-corrected chi connectivity index (χ3v) is 5.58. The zero-order chi connectivity index (χ0) is 20.8.